The van der Waals surface area contributed by atoms with Crippen molar-refractivity contribution < 1.29 is 9.53 Å². The van der Waals surface area contributed by atoms with Crippen molar-refractivity contribution in [1.29, 1.82) is 0 Å². The zero-order valence-corrected chi connectivity index (χ0v) is 9.92. The van der Waals surface area contributed by atoms with Gasteiger partial charge in [-0.2, -0.15) is 0 Å². The fourth-order valence-corrected chi connectivity index (χ4v) is 2.04. The first-order valence-corrected chi connectivity index (χ1v) is 6.02. The SMILES string of the molecule is C=C(CC)C(=O)OC1CCCCC(C)C1. The van der Waals surface area contributed by atoms with Crippen LogP contribution in [0.4, 0.5) is 0 Å². The van der Waals surface area contributed by atoms with Crippen LogP contribution in [0, 0.1) is 5.92 Å². The van der Waals surface area contributed by atoms with Crippen LogP contribution < -0.4 is 0 Å². The maximum atomic E-state index is 11.5. The van der Waals surface area contributed by atoms with Gasteiger partial charge >= 0.3 is 5.97 Å². The van der Waals surface area contributed by atoms with E-state index in [9.17, 15) is 4.79 Å². The molecule has 0 aliphatic heterocycles. The van der Waals surface area contributed by atoms with E-state index in [-0.39, 0.29) is 12.1 Å². The number of rotatable bonds is 3. The van der Waals surface area contributed by atoms with Crippen LogP contribution in [-0.2, 0) is 9.53 Å². The maximum Gasteiger partial charge on any atom is 0.333 e. The summed E-state index contributed by atoms with van der Waals surface area (Å²) >= 11 is 0. The number of carbonyl (C=O) groups is 1. The van der Waals surface area contributed by atoms with Gasteiger partial charge in [-0.05, 0) is 31.6 Å². The second-order valence-corrected chi connectivity index (χ2v) is 4.61. The van der Waals surface area contributed by atoms with E-state index in [1.54, 1.807) is 0 Å². The van der Waals surface area contributed by atoms with Gasteiger partial charge in [0.15, 0.2) is 0 Å². The molecule has 0 aromatic heterocycles. The molecule has 0 saturated heterocycles. The van der Waals surface area contributed by atoms with Crippen LogP contribution in [-0.4, -0.2) is 12.1 Å². The van der Waals surface area contributed by atoms with Crippen molar-refractivity contribution in [2.24, 2.45) is 5.92 Å². The highest BCUT2D eigenvalue weighted by Gasteiger charge is 2.21. The molecule has 1 saturated carbocycles. The molecule has 86 valence electrons. The van der Waals surface area contributed by atoms with E-state index in [0.29, 0.717) is 17.9 Å². The fraction of sp³-hybridized carbons (Fsp3) is 0.769. The van der Waals surface area contributed by atoms with Gasteiger partial charge in [0.1, 0.15) is 6.10 Å². The summed E-state index contributed by atoms with van der Waals surface area (Å²) in [5.41, 5.74) is 0.590. The van der Waals surface area contributed by atoms with Crippen LogP contribution in [0.1, 0.15) is 52.4 Å². The molecule has 2 unspecified atom stereocenters. The third kappa shape index (κ3) is 4.06. The molecule has 0 spiro atoms. The lowest BCUT2D eigenvalue weighted by Crippen LogP contribution is -2.20. The Hall–Kier alpha value is -0.790. The molecule has 0 bridgehead atoms. The number of hydrogen-bond acceptors (Lipinski definition) is 2. The standard InChI is InChI=1S/C13H22O2/c1-4-11(3)13(14)15-12-8-6-5-7-10(2)9-12/h10,12H,3-9H2,1-2H3. The van der Waals surface area contributed by atoms with E-state index in [0.717, 1.165) is 12.8 Å². The Morgan fingerprint density at radius 1 is 1.40 bits per heavy atom. The summed E-state index contributed by atoms with van der Waals surface area (Å²) in [5.74, 6) is 0.483. The smallest absolute Gasteiger partial charge is 0.333 e. The van der Waals surface area contributed by atoms with Crippen molar-refractivity contribution >= 4 is 5.97 Å². The van der Waals surface area contributed by atoms with Crippen LogP contribution in [0.5, 0.6) is 0 Å². The molecular formula is C13H22O2. The highest BCUT2D eigenvalue weighted by atomic mass is 16.5. The molecule has 2 heteroatoms. The average molecular weight is 210 g/mol. The van der Waals surface area contributed by atoms with Gasteiger partial charge in [0, 0.05) is 5.57 Å². The quantitative estimate of drug-likeness (QED) is 0.405. The van der Waals surface area contributed by atoms with Crippen LogP contribution >= 0.6 is 0 Å². The third-order valence-corrected chi connectivity index (χ3v) is 3.13. The van der Waals surface area contributed by atoms with Gasteiger partial charge in [0.05, 0.1) is 0 Å². The Morgan fingerprint density at radius 2 is 2.07 bits per heavy atom. The lowest BCUT2D eigenvalue weighted by molar-refractivity contribution is -0.145. The van der Waals surface area contributed by atoms with Gasteiger partial charge in [0.25, 0.3) is 0 Å². The molecule has 0 aromatic rings. The second kappa shape index (κ2) is 5.94. The first-order valence-electron chi connectivity index (χ1n) is 6.02. The predicted octanol–water partition coefficient (Wildman–Crippen LogP) is 3.46. The van der Waals surface area contributed by atoms with Crippen molar-refractivity contribution in [2.45, 2.75) is 58.5 Å². The highest BCUT2D eigenvalue weighted by Crippen LogP contribution is 2.25. The largest absolute Gasteiger partial charge is 0.459 e. The molecule has 15 heavy (non-hydrogen) atoms. The van der Waals surface area contributed by atoms with Crippen molar-refractivity contribution in [3.8, 4) is 0 Å². The molecule has 0 heterocycles. The Bertz CT molecular complexity index is 233. The normalized spacial score (nSPS) is 26.8. The number of carbonyl (C=O) groups excluding carboxylic acids is 1. The Balaban J connectivity index is 2.42. The number of esters is 1. The molecule has 0 N–H and O–H groups in total. The van der Waals surface area contributed by atoms with Gasteiger partial charge in [-0.3, -0.25) is 0 Å². The number of ether oxygens (including phenoxy) is 1. The van der Waals surface area contributed by atoms with Crippen molar-refractivity contribution in [3.63, 3.8) is 0 Å². The summed E-state index contributed by atoms with van der Waals surface area (Å²) in [6.07, 6.45) is 6.56. The van der Waals surface area contributed by atoms with E-state index in [2.05, 4.69) is 13.5 Å². The second-order valence-electron chi connectivity index (χ2n) is 4.61. The lowest BCUT2D eigenvalue weighted by atomic mass is 10.0. The minimum Gasteiger partial charge on any atom is -0.459 e. The maximum absolute atomic E-state index is 11.5. The monoisotopic (exact) mass is 210 g/mol. The predicted molar refractivity (Wildman–Crippen MR) is 61.6 cm³/mol. The minimum atomic E-state index is -0.198. The molecule has 0 radical (unpaired) electrons. The molecule has 0 amide bonds. The summed E-state index contributed by atoms with van der Waals surface area (Å²) in [7, 11) is 0. The molecule has 2 atom stereocenters. The first-order chi connectivity index (χ1) is 7.13. The van der Waals surface area contributed by atoms with E-state index >= 15 is 0 Å². The third-order valence-electron chi connectivity index (χ3n) is 3.13. The average Bonchev–Trinajstić information content (AvgIpc) is 2.41. The van der Waals surface area contributed by atoms with E-state index in [4.69, 9.17) is 4.74 Å². The first kappa shape index (κ1) is 12.3. The molecular weight excluding hydrogens is 188 g/mol. The fourth-order valence-electron chi connectivity index (χ4n) is 2.04. The zero-order valence-electron chi connectivity index (χ0n) is 9.92. The topological polar surface area (TPSA) is 26.3 Å². The Kier molecular flexibility index (Phi) is 4.86. The van der Waals surface area contributed by atoms with E-state index in [1.807, 2.05) is 6.92 Å². The van der Waals surface area contributed by atoms with Crippen LogP contribution in [0.15, 0.2) is 12.2 Å². The van der Waals surface area contributed by atoms with Crippen molar-refractivity contribution in [2.75, 3.05) is 0 Å². The summed E-state index contributed by atoms with van der Waals surface area (Å²) in [6, 6.07) is 0. The molecule has 1 aliphatic rings. The summed E-state index contributed by atoms with van der Waals surface area (Å²) in [5, 5.41) is 0. The summed E-state index contributed by atoms with van der Waals surface area (Å²) in [6.45, 7) is 7.87. The van der Waals surface area contributed by atoms with Crippen LogP contribution in [0.25, 0.3) is 0 Å². The lowest BCUT2D eigenvalue weighted by Gasteiger charge is -2.18. The van der Waals surface area contributed by atoms with Gasteiger partial charge in [0.2, 0.25) is 0 Å². The van der Waals surface area contributed by atoms with E-state index < -0.39 is 0 Å². The Labute approximate surface area is 92.7 Å². The van der Waals surface area contributed by atoms with E-state index in [1.165, 1.54) is 19.3 Å². The molecule has 2 nitrogen and oxygen atoms in total. The summed E-state index contributed by atoms with van der Waals surface area (Å²) < 4.78 is 5.46. The number of hydrogen-bond donors (Lipinski definition) is 0. The Morgan fingerprint density at radius 3 is 2.73 bits per heavy atom. The van der Waals surface area contributed by atoms with Crippen LogP contribution in [0.2, 0.25) is 0 Å². The minimum absolute atomic E-state index is 0.123. The van der Waals surface area contributed by atoms with Gasteiger partial charge in [-0.15, -0.1) is 0 Å². The molecule has 1 fully saturated rings. The van der Waals surface area contributed by atoms with Gasteiger partial charge in [-0.1, -0.05) is 33.3 Å². The summed E-state index contributed by atoms with van der Waals surface area (Å²) in [4.78, 5) is 11.5. The molecule has 0 aromatic carbocycles. The molecule has 1 rings (SSSR count). The highest BCUT2D eigenvalue weighted by molar-refractivity contribution is 5.87. The van der Waals surface area contributed by atoms with Crippen molar-refractivity contribution in [1.82, 2.24) is 0 Å². The zero-order chi connectivity index (χ0) is 11.3. The van der Waals surface area contributed by atoms with Gasteiger partial charge in [-0.25, -0.2) is 4.79 Å². The van der Waals surface area contributed by atoms with Crippen molar-refractivity contribution in [3.05, 3.63) is 12.2 Å². The van der Waals surface area contributed by atoms with Gasteiger partial charge < -0.3 is 4.74 Å². The van der Waals surface area contributed by atoms with Crippen LogP contribution in [0.3, 0.4) is 0 Å². The molecule has 1 aliphatic carbocycles.